The summed E-state index contributed by atoms with van der Waals surface area (Å²) in [4.78, 5) is 101. The topological polar surface area (TPSA) is 177 Å². The number of carbonyl (C=O) groups excluding carboxylic acids is 8. The van der Waals surface area contributed by atoms with E-state index in [2.05, 4.69) is 13.8 Å². The molecule has 4 aliphatic rings. The highest BCUT2D eigenvalue weighted by molar-refractivity contribution is 6.23. The van der Waals surface area contributed by atoms with E-state index >= 15 is 0 Å². The van der Waals surface area contributed by atoms with Gasteiger partial charge in [0.2, 0.25) is 0 Å². The second kappa shape index (κ2) is 15.8. The maximum absolute atomic E-state index is 12.3. The van der Waals surface area contributed by atoms with Gasteiger partial charge in [0.15, 0.2) is 0 Å². The molecule has 0 radical (unpaired) electrons. The highest BCUT2D eigenvalue weighted by atomic mass is 16.5. The average molecular weight is 883 g/mol. The fraction of sp³-hybridized carbons (Fsp3) is 0.137. The molecule has 6 aromatic carbocycles. The lowest BCUT2D eigenvalue weighted by Crippen LogP contribution is -2.24. The third kappa shape index (κ3) is 7.12. The molecule has 0 aliphatic carbocycles. The van der Waals surface area contributed by atoms with E-state index in [9.17, 15) is 38.4 Å². The van der Waals surface area contributed by atoms with E-state index in [1.165, 1.54) is 52.5 Å². The molecule has 0 saturated carbocycles. The van der Waals surface area contributed by atoms with Crippen LogP contribution >= 0.6 is 0 Å². The summed E-state index contributed by atoms with van der Waals surface area (Å²) in [6.07, 6.45) is 0. The van der Waals surface area contributed by atoms with Crippen LogP contribution in [0.5, 0.6) is 34.5 Å². The number of hydrogen-bond acceptors (Lipinski definition) is 11. The fourth-order valence-electron chi connectivity index (χ4n) is 8.07. The van der Waals surface area contributed by atoms with E-state index in [1.54, 1.807) is 48.5 Å². The number of ether oxygens (including phenoxy) is 3. The van der Waals surface area contributed by atoms with Crippen LogP contribution in [0.1, 0.15) is 108 Å². The Bertz CT molecular complexity index is 2950. The molecule has 0 aromatic heterocycles. The Hall–Kier alpha value is -8.72. The van der Waals surface area contributed by atoms with E-state index in [0.717, 1.165) is 30.7 Å². The Morgan fingerprint density at radius 1 is 0.288 bits per heavy atom. The van der Waals surface area contributed by atoms with Gasteiger partial charge in [-0.2, -0.15) is 0 Å². The summed E-state index contributed by atoms with van der Waals surface area (Å²) in [7, 11) is 5.77. The zero-order chi connectivity index (χ0) is 46.9. The number of amides is 8. The smallest absolute Gasteiger partial charge is 0.261 e. The highest BCUT2D eigenvalue weighted by Crippen LogP contribution is 2.37. The molecule has 0 bridgehead atoms. The molecule has 0 atom stereocenters. The van der Waals surface area contributed by atoms with Gasteiger partial charge in [-0.1, -0.05) is 38.1 Å². The minimum atomic E-state index is -0.387. The van der Waals surface area contributed by atoms with E-state index in [-0.39, 0.29) is 63.8 Å². The molecule has 15 heteroatoms. The molecule has 328 valence electrons. The van der Waals surface area contributed by atoms with Crippen molar-refractivity contribution in [1.29, 1.82) is 0 Å². The van der Waals surface area contributed by atoms with Gasteiger partial charge in [-0.3, -0.25) is 58.0 Å². The number of fused-ring (bicyclic) bond motifs is 4. The fourth-order valence-corrected chi connectivity index (χ4v) is 8.07. The van der Waals surface area contributed by atoms with E-state index < -0.39 is 0 Å². The van der Waals surface area contributed by atoms with Crippen LogP contribution in [-0.4, -0.2) is 95.0 Å². The van der Waals surface area contributed by atoms with Crippen molar-refractivity contribution < 1.29 is 52.6 Å². The third-order valence-corrected chi connectivity index (χ3v) is 12.1. The van der Waals surface area contributed by atoms with Gasteiger partial charge in [-0.25, -0.2) is 0 Å². The van der Waals surface area contributed by atoms with Crippen molar-refractivity contribution >= 4 is 47.3 Å². The molecule has 4 aliphatic heterocycles. The maximum Gasteiger partial charge on any atom is 0.261 e. The monoisotopic (exact) mass is 882 g/mol. The SMILES string of the molecule is CN1C(=O)c2ccc(Oc3ccc(C(C)(C)c4ccc(Oc5ccc6c(c5)C(=O)N(C)C6=O)cc4)cc3)cc2C1=O.CN1C(=O)c2ccc(Oc3ccc4c(c3)C(=O)N(C)C4=O)cc2C1=O. The van der Waals surface area contributed by atoms with Crippen molar-refractivity contribution in [2.45, 2.75) is 19.3 Å². The summed E-state index contributed by atoms with van der Waals surface area (Å²) in [5.74, 6) is 0.130. The van der Waals surface area contributed by atoms with Gasteiger partial charge < -0.3 is 14.2 Å². The summed E-state index contributed by atoms with van der Waals surface area (Å²) in [5.41, 5.74) is 4.46. The first kappa shape index (κ1) is 42.6. The molecule has 0 N–H and O–H groups in total. The lowest BCUT2D eigenvalue weighted by molar-refractivity contribution is 0.0677. The predicted molar refractivity (Wildman–Crippen MR) is 237 cm³/mol. The molecule has 0 unspecified atom stereocenters. The summed E-state index contributed by atoms with van der Waals surface area (Å²) in [6.45, 7) is 4.25. The average Bonchev–Trinajstić information content (AvgIpc) is 3.86. The van der Waals surface area contributed by atoms with Crippen molar-refractivity contribution in [2.75, 3.05) is 28.2 Å². The quantitative estimate of drug-likeness (QED) is 0.135. The van der Waals surface area contributed by atoms with Crippen LogP contribution < -0.4 is 14.2 Å². The van der Waals surface area contributed by atoms with Gasteiger partial charge in [0.1, 0.15) is 34.5 Å². The molecule has 0 saturated heterocycles. The lowest BCUT2D eigenvalue weighted by atomic mass is 9.78. The zero-order valence-corrected chi connectivity index (χ0v) is 36.3. The molecule has 0 fully saturated rings. The Kier molecular flexibility index (Phi) is 10.2. The van der Waals surface area contributed by atoms with Crippen molar-refractivity contribution in [3.8, 4) is 34.5 Å². The minimum absolute atomic E-state index is 0.275. The largest absolute Gasteiger partial charge is 0.457 e. The van der Waals surface area contributed by atoms with Gasteiger partial charge in [-0.05, 0) is 108 Å². The molecular formula is C51H38N4O11. The number of rotatable bonds is 8. The van der Waals surface area contributed by atoms with Crippen LogP contribution in [0, 0.1) is 0 Å². The second-order valence-electron chi connectivity index (χ2n) is 16.5. The van der Waals surface area contributed by atoms with Crippen LogP contribution in [0.3, 0.4) is 0 Å². The van der Waals surface area contributed by atoms with Crippen molar-refractivity contribution in [2.24, 2.45) is 0 Å². The first-order valence-electron chi connectivity index (χ1n) is 20.5. The van der Waals surface area contributed by atoms with Crippen molar-refractivity contribution in [3.05, 3.63) is 177 Å². The third-order valence-electron chi connectivity index (χ3n) is 12.1. The zero-order valence-electron chi connectivity index (χ0n) is 36.3. The van der Waals surface area contributed by atoms with Crippen LogP contribution in [0.25, 0.3) is 0 Å². The molecular weight excluding hydrogens is 845 g/mol. The molecule has 6 aromatic rings. The predicted octanol–water partition coefficient (Wildman–Crippen LogP) is 7.98. The molecule has 66 heavy (non-hydrogen) atoms. The molecule has 4 heterocycles. The Morgan fingerprint density at radius 2 is 0.485 bits per heavy atom. The van der Waals surface area contributed by atoms with Crippen LogP contribution in [0.15, 0.2) is 121 Å². The van der Waals surface area contributed by atoms with Gasteiger partial charge in [0, 0.05) is 33.6 Å². The Balaban J connectivity index is 0.000000187. The Morgan fingerprint density at radius 3 is 0.727 bits per heavy atom. The van der Waals surface area contributed by atoms with Gasteiger partial charge in [0.05, 0.1) is 44.5 Å². The number of hydrogen-bond donors (Lipinski definition) is 0. The highest BCUT2D eigenvalue weighted by Gasteiger charge is 2.36. The molecule has 8 amide bonds. The summed E-state index contributed by atoms with van der Waals surface area (Å²) >= 11 is 0. The standard InChI is InChI=1S/C33H26N2O6.C18H12N2O5/c1-33(2,19-5-9-21(10-6-19)40-23-13-15-25-27(17-23)31(38)34(3)29(25)36)20-7-11-22(12-8-20)41-24-14-16-26-28(18-24)32(39)35(4)30(26)37;1-19-15(21)11-5-3-9(7-13(11)17(19)23)25-10-4-6-12-14(8-10)18(24)20(2)16(12)22/h5-18H,1-4H3;3-8H,1-2H3. The van der Waals surface area contributed by atoms with Crippen LogP contribution in [0.4, 0.5) is 0 Å². The summed E-state index contributed by atoms with van der Waals surface area (Å²) in [6, 6.07) is 34.5. The Labute approximate surface area is 377 Å². The summed E-state index contributed by atoms with van der Waals surface area (Å²) in [5, 5.41) is 0. The maximum atomic E-state index is 12.3. The van der Waals surface area contributed by atoms with Gasteiger partial charge >= 0.3 is 0 Å². The van der Waals surface area contributed by atoms with Crippen LogP contribution in [-0.2, 0) is 5.41 Å². The number of nitrogens with zero attached hydrogens (tertiary/aromatic N) is 4. The minimum Gasteiger partial charge on any atom is -0.457 e. The van der Waals surface area contributed by atoms with E-state index in [0.29, 0.717) is 67.9 Å². The normalized spacial score (nSPS) is 14.9. The van der Waals surface area contributed by atoms with Crippen molar-refractivity contribution in [1.82, 2.24) is 19.6 Å². The first-order chi connectivity index (χ1) is 31.4. The van der Waals surface area contributed by atoms with Crippen LogP contribution in [0.2, 0.25) is 0 Å². The van der Waals surface area contributed by atoms with Crippen molar-refractivity contribution in [3.63, 3.8) is 0 Å². The van der Waals surface area contributed by atoms with Gasteiger partial charge in [0.25, 0.3) is 47.3 Å². The lowest BCUT2D eigenvalue weighted by Gasteiger charge is -2.26. The molecule has 15 nitrogen and oxygen atoms in total. The summed E-state index contributed by atoms with van der Waals surface area (Å²) < 4.78 is 17.6. The number of imide groups is 4. The number of carbonyl (C=O) groups is 8. The van der Waals surface area contributed by atoms with E-state index in [4.69, 9.17) is 14.2 Å². The first-order valence-corrected chi connectivity index (χ1v) is 20.5. The molecule has 10 rings (SSSR count). The second-order valence-corrected chi connectivity index (χ2v) is 16.5. The number of benzene rings is 6. The molecule has 0 spiro atoms. The van der Waals surface area contributed by atoms with E-state index in [1.807, 2.05) is 48.5 Å². The van der Waals surface area contributed by atoms with Gasteiger partial charge in [-0.15, -0.1) is 0 Å².